The van der Waals surface area contributed by atoms with Crippen molar-refractivity contribution in [3.8, 4) is 0 Å². The van der Waals surface area contributed by atoms with E-state index in [1.807, 2.05) is 31.2 Å². The zero-order valence-electron chi connectivity index (χ0n) is 9.52. The molecule has 0 radical (unpaired) electrons. The van der Waals surface area contributed by atoms with Gasteiger partial charge in [0.25, 0.3) is 0 Å². The molecule has 0 spiro atoms. The molecule has 4 heteroatoms. The molecule has 1 aromatic carbocycles. The number of halogens is 1. The van der Waals surface area contributed by atoms with Gasteiger partial charge in [0, 0.05) is 17.1 Å². The highest BCUT2D eigenvalue weighted by Crippen LogP contribution is 2.19. The lowest BCUT2D eigenvalue weighted by Gasteiger charge is -2.21. The molecule has 0 aliphatic heterocycles. The minimum absolute atomic E-state index is 0.0872. The maximum Gasteiger partial charge on any atom is 0.0940 e. The van der Waals surface area contributed by atoms with E-state index in [9.17, 15) is 5.11 Å². The molecule has 90 valence electrons. The second kappa shape index (κ2) is 6.35. The zero-order valence-corrected chi connectivity index (χ0v) is 11.1. The van der Waals surface area contributed by atoms with Gasteiger partial charge in [-0.25, -0.2) is 0 Å². The zero-order chi connectivity index (χ0) is 12.1. The summed E-state index contributed by atoms with van der Waals surface area (Å²) in [6, 6.07) is 7.49. The monoisotopic (exact) mass is 287 g/mol. The quantitative estimate of drug-likeness (QED) is 0.775. The summed E-state index contributed by atoms with van der Waals surface area (Å²) >= 11 is 3.35. The molecule has 0 aliphatic rings. The first-order valence-electron chi connectivity index (χ1n) is 5.35. The number of aliphatic hydroxyl groups is 2. The standard InChI is InChI=1S/C12H18BrNO2/c1-8(15)7-14-9(2)12(16)10-3-5-11(13)6-4-10/h3-6,8-9,12,14-16H,7H2,1-2H3. The molecule has 3 unspecified atom stereocenters. The molecule has 0 fully saturated rings. The van der Waals surface area contributed by atoms with Crippen LogP contribution in [0.15, 0.2) is 28.7 Å². The smallest absolute Gasteiger partial charge is 0.0940 e. The lowest BCUT2D eigenvalue weighted by atomic mass is 10.0. The highest BCUT2D eigenvalue weighted by Gasteiger charge is 2.15. The van der Waals surface area contributed by atoms with Gasteiger partial charge in [-0.3, -0.25) is 0 Å². The van der Waals surface area contributed by atoms with Gasteiger partial charge in [0.2, 0.25) is 0 Å². The molecule has 3 nitrogen and oxygen atoms in total. The Kier molecular flexibility index (Phi) is 5.41. The van der Waals surface area contributed by atoms with Crippen molar-refractivity contribution in [2.75, 3.05) is 6.54 Å². The van der Waals surface area contributed by atoms with Gasteiger partial charge in [-0.15, -0.1) is 0 Å². The summed E-state index contributed by atoms with van der Waals surface area (Å²) in [5, 5.41) is 22.3. The van der Waals surface area contributed by atoms with Gasteiger partial charge in [-0.2, -0.15) is 0 Å². The number of nitrogens with one attached hydrogen (secondary N) is 1. The fraction of sp³-hybridized carbons (Fsp3) is 0.500. The summed E-state index contributed by atoms with van der Waals surface area (Å²) in [4.78, 5) is 0. The third kappa shape index (κ3) is 4.22. The van der Waals surface area contributed by atoms with Crippen molar-refractivity contribution in [3.63, 3.8) is 0 Å². The number of rotatable bonds is 5. The highest BCUT2D eigenvalue weighted by atomic mass is 79.9. The Balaban J connectivity index is 2.56. The first kappa shape index (κ1) is 13.6. The Morgan fingerprint density at radius 1 is 1.19 bits per heavy atom. The van der Waals surface area contributed by atoms with Gasteiger partial charge in [-0.05, 0) is 31.5 Å². The maximum absolute atomic E-state index is 10.0. The second-order valence-electron chi connectivity index (χ2n) is 4.04. The largest absolute Gasteiger partial charge is 0.392 e. The Bertz CT molecular complexity index is 313. The van der Waals surface area contributed by atoms with Crippen LogP contribution in [0.1, 0.15) is 25.5 Å². The lowest BCUT2D eigenvalue weighted by molar-refractivity contribution is 0.121. The molecule has 16 heavy (non-hydrogen) atoms. The van der Waals surface area contributed by atoms with Crippen LogP contribution in [0.3, 0.4) is 0 Å². The fourth-order valence-electron chi connectivity index (χ4n) is 1.42. The average molecular weight is 288 g/mol. The van der Waals surface area contributed by atoms with E-state index in [0.717, 1.165) is 10.0 Å². The molecule has 3 N–H and O–H groups in total. The van der Waals surface area contributed by atoms with Gasteiger partial charge in [-0.1, -0.05) is 28.1 Å². The summed E-state index contributed by atoms with van der Waals surface area (Å²) in [7, 11) is 0. The van der Waals surface area contributed by atoms with Crippen molar-refractivity contribution in [1.29, 1.82) is 0 Å². The van der Waals surface area contributed by atoms with Gasteiger partial charge >= 0.3 is 0 Å². The predicted octanol–water partition coefficient (Wildman–Crippen LogP) is 1.84. The molecule has 0 heterocycles. The molecule has 0 bridgehead atoms. The van der Waals surface area contributed by atoms with Crippen LogP contribution < -0.4 is 5.32 Å². The first-order valence-corrected chi connectivity index (χ1v) is 6.15. The Hall–Kier alpha value is -0.420. The summed E-state index contributed by atoms with van der Waals surface area (Å²) in [5.41, 5.74) is 0.869. The molecule has 0 saturated heterocycles. The van der Waals surface area contributed by atoms with Gasteiger partial charge < -0.3 is 15.5 Å². The minimum Gasteiger partial charge on any atom is -0.392 e. The highest BCUT2D eigenvalue weighted by molar-refractivity contribution is 9.10. The van der Waals surface area contributed by atoms with Gasteiger partial charge in [0.05, 0.1) is 12.2 Å². The van der Waals surface area contributed by atoms with E-state index in [-0.39, 0.29) is 6.04 Å². The first-order chi connectivity index (χ1) is 7.50. The maximum atomic E-state index is 10.0. The number of hydrogen-bond acceptors (Lipinski definition) is 3. The van der Waals surface area contributed by atoms with Crippen LogP contribution in [-0.2, 0) is 0 Å². The summed E-state index contributed by atoms with van der Waals surface area (Å²) in [6.45, 7) is 4.09. The van der Waals surface area contributed by atoms with Crippen molar-refractivity contribution in [2.24, 2.45) is 0 Å². The molecule has 0 amide bonds. The summed E-state index contributed by atoms with van der Waals surface area (Å²) in [6.07, 6.45) is -0.966. The number of hydrogen-bond donors (Lipinski definition) is 3. The lowest BCUT2D eigenvalue weighted by Crippen LogP contribution is -2.36. The third-order valence-electron chi connectivity index (χ3n) is 2.42. The van der Waals surface area contributed by atoms with Crippen LogP contribution in [0.4, 0.5) is 0 Å². The summed E-state index contributed by atoms with van der Waals surface area (Å²) in [5.74, 6) is 0. The minimum atomic E-state index is -0.563. The van der Waals surface area contributed by atoms with E-state index in [0.29, 0.717) is 6.54 Å². The molecule has 1 aromatic rings. The second-order valence-corrected chi connectivity index (χ2v) is 4.96. The van der Waals surface area contributed by atoms with Crippen molar-refractivity contribution in [3.05, 3.63) is 34.3 Å². The van der Waals surface area contributed by atoms with Crippen LogP contribution in [0, 0.1) is 0 Å². The molecular formula is C12H18BrNO2. The molecule has 0 aliphatic carbocycles. The SMILES string of the molecule is CC(O)CNC(C)C(O)c1ccc(Br)cc1. The summed E-state index contributed by atoms with van der Waals surface area (Å²) < 4.78 is 0.994. The van der Waals surface area contributed by atoms with Gasteiger partial charge in [0.15, 0.2) is 0 Å². The van der Waals surface area contributed by atoms with Crippen LogP contribution in [0.25, 0.3) is 0 Å². The predicted molar refractivity (Wildman–Crippen MR) is 68.2 cm³/mol. The van der Waals surface area contributed by atoms with E-state index in [1.54, 1.807) is 6.92 Å². The molecule has 0 saturated carbocycles. The van der Waals surface area contributed by atoms with E-state index in [2.05, 4.69) is 21.2 Å². The van der Waals surface area contributed by atoms with E-state index >= 15 is 0 Å². The van der Waals surface area contributed by atoms with Gasteiger partial charge in [0.1, 0.15) is 0 Å². The fourth-order valence-corrected chi connectivity index (χ4v) is 1.68. The van der Waals surface area contributed by atoms with Crippen LogP contribution in [0.5, 0.6) is 0 Å². The van der Waals surface area contributed by atoms with E-state index in [1.165, 1.54) is 0 Å². The average Bonchev–Trinajstić information content (AvgIpc) is 2.26. The van der Waals surface area contributed by atoms with Crippen molar-refractivity contribution >= 4 is 15.9 Å². The Morgan fingerprint density at radius 2 is 1.75 bits per heavy atom. The van der Waals surface area contributed by atoms with Crippen LogP contribution in [-0.4, -0.2) is 28.9 Å². The van der Waals surface area contributed by atoms with Crippen molar-refractivity contribution < 1.29 is 10.2 Å². The van der Waals surface area contributed by atoms with Crippen molar-refractivity contribution in [1.82, 2.24) is 5.32 Å². The normalized spacial score (nSPS) is 16.8. The molecule has 3 atom stereocenters. The molecule has 0 aromatic heterocycles. The number of benzene rings is 1. The third-order valence-corrected chi connectivity index (χ3v) is 2.95. The molecule has 1 rings (SSSR count). The topological polar surface area (TPSA) is 52.5 Å². The van der Waals surface area contributed by atoms with E-state index < -0.39 is 12.2 Å². The van der Waals surface area contributed by atoms with E-state index in [4.69, 9.17) is 5.11 Å². The van der Waals surface area contributed by atoms with Crippen LogP contribution in [0.2, 0.25) is 0 Å². The molecular weight excluding hydrogens is 270 g/mol. The van der Waals surface area contributed by atoms with Crippen molar-refractivity contribution in [2.45, 2.75) is 32.1 Å². The Labute approximate surface area is 105 Å². The Morgan fingerprint density at radius 3 is 2.25 bits per heavy atom. The number of aliphatic hydroxyl groups excluding tert-OH is 2. The van der Waals surface area contributed by atoms with Crippen LogP contribution >= 0.6 is 15.9 Å².